The van der Waals surface area contributed by atoms with E-state index in [1.165, 1.54) is 74.9 Å². The number of esters is 2. The van der Waals surface area contributed by atoms with E-state index >= 15 is 0 Å². The Labute approximate surface area is 258 Å². The Morgan fingerprint density at radius 2 is 1.41 bits per heavy atom. The zero-order valence-corrected chi connectivity index (χ0v) is 26.0. The fraction of sp³-hybridized carbons (Fsp3) is 0.588. The third-order valence-electron chi connectivity index (χ3n) is 7.97. The van der Waals surface area contributed by atoms with E-state index in [-0.39, 0.29) is 23.3 Å². The summed E-state index contributed by atoms with van der Waals surface area (Å²) in [4.78, 5) is 29.6. The summed E-state index contributed by atoms with van der Waals surface area (Å²) in [7, 11) is 0. The van der Waals surface area contributed by atoms with E-state index in [9.17, 15) is 27.2 Å². The number of anilines is 1. The Hall–Kier alpha value is -3.14. The van der Waals surface area contributed by atoms with Crippen LogP contribution in [0.1, 0.15) is 105 Å². The fourth-order valence-electron chi connectivity index (χ4n) is 5.28. The molecule has 0 N–H and O–H groups in total. The van der Waals surface area contributed by atoms with Crippen LogP contribution in [0.5, 0.6) is 5.75 Å². The number of carbonyl (C=O) groups excluding carboxylic acids is 2. The minimum atomic E-state index is -4.67. The predicted octanol–water partition coefficient (Wildman–Crippen LogP) is 8.59. The molecular formula is C34H46F4N2O4. The van der Waals surface area contributed by atoms with Gasteiger partial charge in [-0.3, -0.25) is 4.90 Å². The van der Waals surface area contributed by atoms with Gasteiger partial charge in [0.25, 0.3) is 0 Å². The quantitative estimate of drug-likeness (QED) is 0.0762. The van der Waals surface area contributed by atoms with Crippen molar-refractivity contribution in [3.63, 3.8) is 0 Å². The van der Waals surface area contributed by atoms with Gasteiger partial charge in [0, 0.05) is 31.9 Å². The number of piperazine rings is 1. The summed E-state index contributed by atoms with van der Waals surface area (Å²) in [5, 5.41) is 0. The molecule has 1 fully saturated rings. The molecule has 10 heteroatoms. The van der Waals surface area contributed by atoms with Crippen molar-refractivity contribution < 1.29 is 36.6 Å². The molecule has 1 saturated heterocycles. The Morgan fingerprint density at radius 3 is 2.02 bits per heavy atom. The number of alkyl halides is 3. The molecule has 44 heavy (non-hydrogen) atoms. The van der Waals surface area contributed by atoms with Crippen LogP contribution < -0.4 is 9.64 Å². The van der Waals surface area contributed by atoms with Crippen molar-refractivity contribution in [3.05, 3.63) is 59.4 Å². The second-order valence-corrected chi connectivity index (χ2v) is 11.5. The molecule has 1 atom stereocenters. The molecule has 0 amide bonds. The minimum absolute atomic E-state index is 0.0171. The Balaban J connectivity index is 1.49. The first-order valence-electron chi connectivity index (χ1n) is 16.0. The normalized spacial score (nSPS) is 14.8. The topological polar surface area (TPSA) is 59.1 Å². The smallest absolute Gasteiger partial charge is 0.425 e. The van der Waals surface area contributed by atoms with Crippen molar-refractivity contribution >= 4 is 17.6 Å². The molecule has 3 rings (SSSR count). The van der Waals surface area contributed by atoms with Crippen molar-refractivity contribution in [2.75, 3.05) is 37.6 Å². The number of rotatable bonds is 17. The summed E-state index contributed by atoms with van der Waals surface area (Å²) in [5.41, 5.74) is 0.342. The van der Waals surface area contributed by atoms with Crippen LogP contribution >= 0.6 is 0 Å². The van der Waals surface area contributed by atoms with Crippen LogP contribution in [0.25, 0.3) is 0 Å². The Bertz CT molecular complexity index is 1160. The number of benzene rings is 2. The lowest BCUT2D eigenvalue weighted by Crippen LogP contribution is -2.46. The minimum Gasteiger partial charge on any atom is -0.449 e. The molecule has 0 radical (unpaired) electrons. The average molecular weight is 623 g/mol. The number of carbonyl (C=O) groups is 2. The molecule has 0 spiro atoms. The fourth-order valence-corrected chi connectivity index (χ4v) is 5.28. The third kappa shape index (κ3) is 11.4. The molecule has 1 aliphatic heterocycles. The van der Waals surface area contributed by atoms with Crippen LogP contribution in [0.15, 0.2) is 42.5 Å². The number of unbranched alkanes of at least 4 members (excludes halogenated alkanes) is 8. The van der Waals surface area contributed by atoms with Gasteiger partial charge in [0.15, 0.2) is 6.10 Å². The summed E-state index contributed by atoms with van der Waals surface area (Å²) in [5.74, 6) is -2.73. The first kappa shape index (κ1) is 35.3. The first-order valence-corrected chi connectivity index (χ1v) is 16.0. The maximum Gasteiger partial charge on any atom is 0.425 e. The second-order valence-electron chi connectivity index (χ2n) is 11.5. The van der Waals surface area contributed by atoms with E-state index in [0.717, 1.165) is 45.6 Å². The van der Waals surface area contributed by atoms with Crippen molar-refractivity contribution in [1.29, 1.82) is 0 Å². The van der Waals surface area contributed by atoms with Gasteiger partial charge in [-0.25, -0.2) is 14.0 Å². The van der Waals surface area contributed by atoms with Crippen molar-refractivity contribution in [2.45, 2.75) is 96.8 Å². The highest BCUT2D eigenvalue weighted by Gasteiger charge is 2.42. The van der Waals surface area contributed by atoms with Gasteiger partial charge in [-0.1, -0.05) is 65.2 Å². The number of hydrogen-bond acceptors (Lipinski definition) is 6. The lowest BCUT2D eigenvalue weighted by molar-refractivity contribution is -0.206. The van der Waals surface area contributed by atoms with E-state index < -0.39 is 30.0 Å². The van der Waals surface area contributed by atoms with Gasteiger partial charge in [-0.15, -0.1) is 0 Å². The SMILES string of the molecule is CCCCCCCCN1CCN(c2ccc(C(=O)Oc3ccc(C(=O)O[C@H](CCCCCC)C(F)(F)F)cc3)c(F)c2)CC1. The molecule has 0 aromatic heterocycles. The van der Waals surface area contributed by atoms with Gasteiger partial charge in [-0.05, 0) is 68.3 Å². The van der Waals surface area contributed by atoms with E-state index in [2.05, 4.69) is 16.7 Å². The van der Waals surface area contributed by atoms with Crippen LogP contribution in [0.3, 0.4) is 0 Å². The summed E-state index contributed by atoms with van der Waals surface area (Å²) in [6.07, 6.45) is 3.03. The van der Waals surface area contributed by atoms with Gasteiger partial charge >= 0.3 is 18.1 Å². The maximum atomic E-state index is 15.0. The second kappa shape index (κ2) is 18.0. The van der Waals surface area contributed by atoms with Crippen molar-refractivity contribution in [2.24, 2.45) is 0 Å². The van der Waals surface area contributed by atoms with Crippen LogP contribution in [-0.4, -0.2) is 61.8 Å². The molecule has 1 aliphatic rings. The van der Waals surface area contributed by atoms with Gasteiger partial charge in [0.05, 0.1) is 11.1 Å². The van der Waals surface area contributed by atoms with Crippen molar-refractivity contribution in [3.8, 4) is 5.75 Å². The van der Waals surface area contributed by atoms with E-state index in [1.807, 2.05) is 6.92 Å². The lowest BCUT2D eigenvalue weighted by atomic mass is 10.1. The monoisotopic (exact) mass is 622 g/mol. The average Bonchev–Trinajstić information content (AvgIpc) is 3.00. The summed E-state index contributed by atoms with van der Waals surface area (Å²) in [6, 6.07) is 9.35. The largest absolute Gasteiger partial charge is 0.449 e. The highest BCUT2D eigenvalue weighted by Crippen LogP contribution is 2.29. The Morgan fingerprint density at radius 1 is 0.795 bits per heavy atom. The number of halogens is 4. The van der Waals surface area contributed by atoms with Crippen LogP contribution in [0.2, 0.25) is 0 Å². The number of ether oxygens (including phenoxy) is 2. The van der Waals surface area contributed by atoms with Gasteiger partial charge in [0.1, 0.15) is 11.6 Å². The predicted molar refractivity (Wildman–Crippen MR) is 164 cm³/mol. The molecule has 244 valence electrons. The molecule has 1 heterocycles. The standard InChI is InChI=1S/C34H46F4N2O4/c1-3-5-7-9-10-12-20-39-21-23-40(24-22-39)27-16-19-29(30(35)25-27)33(42)43-28-17-14-26(15-18-28)32(41)44-31(34(36,37)38)13-11-8-6-4-2/h14-19,25,31H,3-13,20-24H2,1-2H3/t31-/m1/s1. The van der Waals surface area contributed by atoms with E-state index in [4.69, 9.17) is 9.47 Å². The molecule has 2 aromatic carbocycles. The number of nitrogens with zero attached hydrogens (tertiary/aromatic N) is 2. The van der Waals surface area contributed by atoms with Crippen molar-refractivity contribution in [1.82, 2.24) is 4.90 Å². The van der Waals surface area contributed by atoms with Gasteiger partial charge in [-0.2, -0.15) is 13.2 Å². The molecule has 6 nitrogen and oxygen atoms in total. The number of hydrogen-bond donors (Lipinski definition) is 0. The highest BCUT2D eigenvalue weighted by atomic mass is 19.4. The molecule has 0 aliphatic carbocycles. The third-order valence-corrected chi connectivity index (χ3v) is 7.97. The molecule has 0 unspecified atom stereocenters. The first-order chi connectivity index (χ1) is 21.1. The summed E-state index contributed by atoms with van der Waals surface area (Å²) < 4.78 is 65.1. The van der Waals surface area contributed by atoms with Crippen LogP contribution in [-0.2, 0) is 4.74 Å². The van der Waals surface area contributed by atoms with Gasteiger partial charge in [0.2, 0.25) is 0 Å². The molecule has 0 bridgehead atoms. The highest BCUT2D eigenvalue weighted by molar-refractivity contribution is 5.92. The molecule has 0 saturated carbocycles. The summed E-state index contributed by atoms with van der Waals surface area (Å²) >= 11 is 0. The zero-order chi connectivity index (χ0) is 32.0. The van der Waals surface area contributed by atoms with E-state index in [0.29, 0.717) is 18.5 Å². The lowest BCUT2D eigenvalue weighted by Gasteiger charge is -2.36. The van der Waals surface area contributed by atoms with E-state index in [1.54, 1.807) is 6.07 Å². The molecule has 2 aromatic rings. The van der Waals surface area contributed by atoms with Crippen LogP contribution in [0.4, 0.5) is 23.2 Å². The summed E-state index contributed by atoms with van der Waals surface area (Å²) in [6.45, 7) is 8.60. The Kier molecular flexibility index (Phi) is 14.4. The maximum absolute atomic E-state index is 15.0. The molecular weight excluding hydrogens is 576 g/mol. The van der Waals surface area contributed by atoms with Crippen LogP contribution in [0, 0.1) is 5.82 Å². The zero-order valence-electron chi connectivity index (χ0n) is 26.0. The van der Waals surface area contributed by atoms with Gasteiger partial charge < -0.3 is 14.4 Å².